The molecule has 1 aliphatic carbocycles. The molecule has 0 aromatic heterocycles. The quantitative estimate of drug-likeness (QED) is 0.774. The van der Waals surface area contributed by atoms with Gasteiger partial charge in [-0.05, 0) is 49.4 Å². The molecule has 0 radical (unpaired) electrons. The van der Waals surface area contributed by atoms with E-state index in [2.05, 4.69) is 12.2 Å². The zero-order valence-electron chi connectivity index (χ0n) is 12.3. The molecule has 1 fully saturated rings. The van der Waals surface area contributed by atoms with Crippen molar-refractivity contribution in [2.24, 2.45) is 5.92 Å². The van der Waals surface area contributed by atoms with Gasteiger partial charge in [-0.3, -0.25) is 0 Å². The number of amides is 1. The van der Waals surface area contributed by atoms with Crippen molar-refractivity contribution in [3.63, 3.8) is 0 Å². The van der Waals surface area contributed by atoms with Gasteiger partial charge in [0.1, 0.15) is 5.75 Å². The average Bonchev–Trinajstić information content (AvgIpc) is 2.43. The summed E-state index contributed by atoms with van der Waals surface area (Å²) in [6.07, 6.45) is 3.77. The Kier molecular flexibility index (Phi) is 6.18. The Bertz CT molecular complexity index is 443. The van der Waals surface area contributed by atoms with E-state index in [0.717, 1.165) is 31.4 Å². The van der Waals surface area contributed by atoms with Crippen molar-refractivity contribution in [2.75, 3.05) is 13.2 Å². The van der Waals surface area contributed by atoms with E-state index in [1.165, 1.54) is 0 Å². The predicted octanol–water partition coefficient (Wildman–Crippen LogP) is 4.02. The van der Waals surface area contributed by atoms with Crippen LogP contribution in [0, 0.1) is 5.92 Å². The van der Waals surface area contributed by atoms with Crippen molar-refractivity contribution in [3.05, 3.63) is 29.3 Å². The van der Waals surface area contributed by atoms with Crippen LogP contribution in [0.25, 0.3) is 0 Å². The summed E-state index contributed by atoms with van der Waals surface area (Å²) in [4.78, 5) is 11.4. The van der Waals surface area contributed by atoms with Crippen molar-refractivity contribution in [1.29, 1.82) is 0 Å². The first kappa shape index (κ1) is 16.0. The van der Waals surface area contributed by atoms with Gasteiger partial charge in [-0.15, -0.1) is 0 Å². The van der Waals surface area contributed by atoms with E-state index in [-0.39, 0.29) is 12.2 Å². The second-order valence-corrected chi connectivity index (χ2v) is 5.84. The summed E-state index contributed by atoms with van der Waals surface area (Å²) in [6.45, 7) is 3.22. The fourth-order valence-electron chi connectivity index (χ4n) is 2.23. The third-order valence-electron chi connectivity index (χ3n) is 3.57. The number of rotatable bonds is 7. The standard InChI is InChI=1S/C16H22ClNO3/c1-2-3-8-20-16(19)18-11-12-9-15(10-12)21-14-6-4-13(17)5-7-14/h4-7,12,15H,2-3,8-11H2,1H3,(H,18,19). The Morgan fingerprint density at radius 1 is 1.33 bits per heavy atom. The van der Waals surface area contributed by atoms with Crippen LogP contribution in [0.1, 0.15) is 32.6 Å². The zero-order chi connectivity index (χ0) is 15.1. The lowest BCUT2D eigenvalue weighted by Crippen LogP contribution is -2.41. The summed E-state index contributed by atoms with van der Waals surface area (Å²) in [5.74, 6) is 1.32. The SMILES string of the molecule is CCCCOC(=O)NCC1CC(Oc2ccc(Cl)cc2)C1. The second kappa shape index (κ2) is 8.13. The van der Waals surface area contributed by atoms with Crippen molar-refractivity contribution in [2.45, 2.75) is 38.7 Å². The van der Waals surface area contributed by atoms with Gasteiger partial charge in [0, 0.05) is 11.6 Å². The lowest BCUT2D eigenvalue weighted by atomic mass is 9.82. The van der Waals surface area contributed by atoms with Gasteiger partial charge in [-0.1, -0.05) is 24.9 Å². The van der Waals surface area contributed by atoms with E-state index in [1.54, 1.807) is 0 Å². The Morgan fingerprint density at radius 3 is 2.71 bits per heavy atom. The molecule has 1 amide bonds. The number of hydrogen-bond acceptors (Lipinski definition) is 3. The minimum Gasteiger partial charge on any atom is -0.490 e. The summed E-state index contributed by atoms with van der Waals surface area (Å²) < 4.78 is 10.9. The zero-order valence-corrected chi connectivity index (χ0v) is 13.1. The average molecular weight is 312 g/mol. The van der Waals surface area contributed by atoms with E-state index in [1.807, 2.05) is 24.3 Å². The number of nitrogens with one attached hydrogen (secondary N) is 1. The lowest BCUT2D eigenvalue weighted by molar-refractivity contribution is 0.0628. The van der Waals surface area contributed by atoms with Crippen LogP contribution in [-0.2, 0) is 4.74 Å². The molecule has 1 saturated carbocycles. The first-order chi connectivity index (χ1) is 10.2. The van der Waals surface area contributed by atoms with Gasteiger partial charge in [-0.25, -0.2) is 4.79 Å². The van der Waals surface area contributed by atoms with E-state index < -0.39 is 0 Å². The Hall–Kier alpha value is -1.42. The monoisotopic (exact) mass is 311 g/mol. The van der Waals surface area contributed by atoms with Gasteiger partial charge in [0.05, 0.1) is 12.7 Å². The highest BCUT2D eigenvalue weighted by molar-refractivity contribution is 6.30. The molecule has 1 N–H and O–H groups in total. The maximum Gasteiger partial charge on any atom is 0.407 e. The smallest absolute Gasteiger partial charge is 0.407 e. The van der Waals surface area contributed by atoms with Crippen molar-refractivity contribution in [3.8, 4) is 5.75 Å². The number of benzene rings is 1. The number of halogens is 1. The molecule has 4 nitrogen and oxygen atoms in total. The number of carbonyl (C=O) groups is 1. The number of ether oxygens (including phenoxy) is 2. The molecule has 0 spiro atoms. The Balaban J connectivity index is 1.57. The van der Waals surface area contributed by atoms with E-state index in [9.17, 15) is 4.79 Å². The topological polar surface area (TPSA) is 47.6 Å². The van der Waals surface area contributed by atoms with Crippen LogP contribution in [-0.4, -0.2) is 25.3 Å². The highest BCUT2D eigenvalue weighted by Crippen LogP contribution is 2.31. The van der Waals surface area contributed by atoms with Crippen molar-refractivity contribution in [1.82, 2.24) is 5.32 Å². The van der Waals surface area contributed by atoms with Crippen LogP contribution in [0.3, 0.4) is 0 Å². The Labute approximate surface area is 130 Å². The maximum absolute atomic E-state index is 11.4. The molecule has 0 heterocycles. The number of unbranched alkanes of at least 4 members (excludes halogenated alkanes) is 1. The van der Waals surface area contributed by atoms with Gasteiger partial charge in [0.2, 0.25) is 0 Å². The van der Waals surface area contributed by atoms with Gasteiger partial charge in [0.25, 0.3) is 0 Å². The van der Waals surface area contributed by atoms with Crippen LogP contribution in [0.5, 0.6) is 5.75 Å². The molecule has 116 valence electrons. The number of alkyl carbamates (subject to hydrolysis) is 1. The van der Waals surface area contributed by atoms with Crippen LogP contribution >= 0.6 is 11.6 Å². The maximum atomic E-state index is 11.4. The first-order valence-corrected chi connectivity index (χ1v) is 7.88. The van der Waals surface area contributed by atoms with Gasteiger partial charge >= 0.3 is 6.09 Å². The molecule has 2 rings (SSSR count). The largest absolute Gasteiger partial charge is 0.490 e. The second-order valence-electron chi connectivity index (χ2n) is 5.40. The molecule has 0 unspecified atom stereocenters. The molecule has 1 aromatic rings. The number of carbonyl (C=O) groups excluding carboxylic acids is 1. The molecule has 21 heavy (non-hydrogen) atoms. The molecular formula is C16H22ClNO3. The molecule has 1 aromatic carbocycles. The lowest BCUT2D eigenvalue weighted by Gasteiger charge is -2.35. The van der Waals surface area contributed by atoms with E-state index in [0.29, 0.717) is 24.1 Å². The van der Waals surface area contributed by atoms with Crippen LogP contribution < -0.4 is 10.1 Å². The fraction of sp³-hybridized carbons (Fsp3) is 0.562. The third-order valence-corrected chi connectivity index (χ3v) is 3.83. The summed E-state index contributed by atoms with van der Waals surface area (Å²) >= 11 is 5.83. The molecule has 5 heteroatoms. The molecule has 0 aliphatic heterocycles. The highest BCUT2D eigenvalue weighted by atomic mass is 35.5. The van der Waals surface area contributed by atoms with Gasteiger partial charge in [-0.2, -0.15) is 0 Å². The van der Waals surface area contributed by atoms with Crippen molar-refractivity contribution >= 4 is 17.7 Å². The number of hydrogen-bond donors (Lipinski definition) is 1. The van der Waals surface area contributed by atoms with Crippen LogP contribution in [0.2, 0.25) is 5.02 Å². The summed E-state index contributed by atoms with van der Waals surface area (Å²) in [7, 11) is 0. The molecule has 0 saturated heterocycles. The van der Waals surface area contributed by atoms with E-state index in [4.69, 9.17) is 21.1 Å². The summed E-state index contributed by atoms with van der Waals surface area (Å²) in [5, 5.41) is 3.51. The van der Waals surface area contributed by atoms with Crippen LogP contribution in [0.15, 0.2) is 24.3 Å². The van der Waals surface area contributed by atoms with Crippen LogP contribution in [0.4, 0.5) is 4.79 Å². The molecule has 0 bridgehead atoms. The normalized spacial score (nSPS) is 20.5. The van der Waals surface area contributed by atoms with Gasteiger partial charge in [0.15, 0.2) is 0 Å². The predicted molar refractivity (Wildman–Crippen MR) is 82.9 cm³/mol. The minimum atomic E-state index is -0.314. The van der Waals surface area contributed by atoms with E-state index >= 15 is 0 Å². The summed E-state index contributed by atoms with van der Waals surface area (Å²) in [6, 6.07) is 7.39. The van der Waals surface area contributed by atoms with Crippen molar-refractivity contribution < 1.29 is 14.3 Å². The van der Waals surface area contributed by atoms with Gasteiger partial charge < -0.3 is 14.8 Å². The highest BCUT2D eigenvalue weighted by Gasteiger charge is 2.31. The molecule has 0 atom stereocenters. The third kappa shape index (κ3) is 5.46. The molecular weight excluding hydrogens is 290 g/mol. The Morgan fingerprint density at radius 2 is 2.05 bits per heavy atom. The molecule has 1 aliphatic rings. The summed E-state index contributed by atoms with van der Waals surface area (Å²) in [5.41, 5.74) is 0. The minimum absolute atomic E-state index is 0.231. The first-order valence-electron chi connectivity index (χ1n) is 7.50. The fourth-order valence-corrected chi connectivity index (χ4v) is 2.36.